The molecule has 2 N–H and O–H groups in total. The summed E-state index contributed by atoms with van der Waals surface area (Å²) in [5.41, 5.74) is 5.76. The first-order chi connectivity index (χ1) is 11.2. The van der Waals surface area contributed by atoms with Crippen molar-refractivity contribution in [2.24, 2.45) is 11.0 Å². The van der Waals surface area contributed by atoms with E-state index in [2.05, 4.69) is 16.6 Å². The van der Waals surface area contributed by atoms with Gasteiger partial charge in [0.2, 0.25) is 5.91 Å². The third kappa shape index (κ3) is 4.10. The molecular weight excluding hydrogens is 290 g/mol. The van der Waals surface area contributed by atoms with Crippen LogP contribution in [0.1, 0.15) is 43.7 Å². The molecule has 0 aromatic heterocycles. The van der Waals surface area contributed by atoms with E-state index in [0.717, 1.165) is 36.4 Å². The zero-order valence-corrected chi connectivity index (χ0v) is 14.0. The van der Waals surface area contributed by atoms with E-state index >= 15 is 0 Å². The molecule has 0 unspecified atom stereocenters. The molecule has 1 aliphatic heterocycles. The van der Waals surface area contributed by atoms with Crippen molar-refractivity contribution < 1.29 is 14.4 Å². The number of rotatable bonds is 6. The third-order valence-corrected chi connectivity index (χ3v) is 4.73. The number of benzene rings is 1. The number of nitrogens with zero attached hydrogens (tertiary/aromatic N) is 1. The van der Waals surface area contributed by atoms with Gasteiger partial charge < -0.3 is 9.64 Å². The van der Waals surface area contributed by atoms with E-state index < -0.39 is 0 Å². The molecule has 1 amide bonds. The maximum Gasteiger partial charge on any atom is 0.243 e. The lowest BCUT2D eigenvalue weighted by atomic mass is 10.1. The standard InChI is InChI=1S/C18H25N3O2/c1-13(19-20-18(22)14-5-6-14)15-7-8-17(23-2)16(11-15)12-21-9-3-4-10-21/h7-8,11,14H,3-6,9-10,12H2,1-2H3,(H,20,22)/p+1/b19-13-. The zero-order valence-electron chi connectivity index (χ0n) is 14.0. The van der Waals surface area contributed by atoms with Gasteiger partial charge in [-0.1, -0.05) is 0 Å². The van der Waals surface area contributed by atoms with Crippen LogP contribution in [0.3, 0.4) is 0 Å². The van der Waals surface area contributed by atoms with Gasteiger partial charge in [0.15, 0.2) is 0 Å². The van der Waals surface area contributed by atoms with Crippen molar-refractivity contribution in [1.82, 2.24) is 5.43 Å². The topological polar surface area (TPSA) is 55.1 Å². The molecule has 0 spiro atoms. The van der Waals surface area contributed by atoms with Gasteiger partial charge >= 0.3 is 0 Å². The van der Waals surface area contributed by atoms with E-state index in [1.807, 2.05) is 19.1 Å². The Morgan fingerprint density at radius 1 is 1.35 bits per heavy atom. The molecule has 0 radical (unpaired) electrons. The van der Waals surface area contributed by atoms with Crippen molar-refractivity contribution in [2.45, 2.75) is 39.2 Å². The Bertz CT molecular complexity index is 602. The summed E-state index contributed by atoms with van der Waals surface area (Å²) in [6.07, 6.45) is 4.60. The molecular formula is C18H26N3O2+. The number of likely N-dealkylation sites (tertiary alicyclic amines) is 1. The molecule has 3 rings (SSSR count). The summed E-state index contributed by atoms with van der Waals surface area (Å²) in [4.78, 5) is 13.3. The molecule has 124 valence electrons. The minimum absolute atomic E-state index is 0.0413. The fourth-order valence-electron chi connectivity index (χ4n) is 3.10. The van der Waals surface area contributed by atoms with Crippen LogP contribution in [0, 0.1) is 5.92 Å². The molecule has 0 atom stereocenters. The van der Waals surface area contributed by atoms with Crippen molar-refractivity contribution >= 4 is 11.6 Å². The Balaban J connectivity index is 1.72. The summed E-state index contributed by atoms with van der Waals surface area (Å²) in [6, 6.07) is 6.15. The van der Waals surface area contributed by atoms with Gasteiger partial charge in [0.1, 0.15) is 12.3 Å². The maximum absolute atomic E-state index is 11.7. The van der Waals surface area contributed by atoms with Gasteiger partial charge in [-0.3, -0.25) is 4.79 Å². The van der Waals surface area contributed by atoms with Crippen LogP contribution in [0.4, 0.5) is 0 Å². The number of carbonyl (C=O) groups excluding carboxylic acids is 1. The van der Waals surface area contributed by atoms with Crippen LogP contribution in [0.5, 0.6) is 5.75 Å². The first kappa shape index (κ1) is 16.0. The Hall–Kier alpha value is -1.88. The molecule has 1 aromatic carbocycles. The van der Waals surface area contributed by atoms with E-state index in [1.54, 1.807) is 12.0 Å². The molecule has 1 heterocycles. The van der Waals surface area contributed by atoms with Crippen LogP contribution >= 0.6 is 0 Å². The molecule has 1 aliphatic carbocycles. The van der Waals surface area contributed by atoms with Gasteiger partial charge in [-0.2, -0.15) is 5.10 Å². The minimum atomic E-state index is 0.0413. The lowest BCUT2D eigenvalue weighted by Gasteiger charge is -2.15. The van der Waals surface area contributed by atoms with Crippen LogP contribution in [0.25, 0.3) is 0 Å². The van der Waals surface area contributed by atoms with Crippen LogP contribution in [-0.2, 0) is 11.3 Å². The highest BCUT2D eigenvalue weighted by Crippen LogP contribution is 2.28. The molecule has 5 heteroatoms. The number of carbonyl (C=O) groups is 1. The number of amides is 1. The SMILES string of the molecule is COc1ccc(/C(C)=N\NC(=O)C2CC2)cc1C[NH+]1CCCC1. The summed E-state index contributed by atoms with van der Waals surface area (Å²) in [5.74, 6) is 1.15. The lowest BCUT2D eigenvalue weighted by Crippen LogP contribution is -3.08. The van der Waals surface area contributed by atoms with E-state index in [-0.39, 0.29) is 11.8 Å². The average Bonchev–Trinajstić information content (AvgIpc) is 3.30. The van der Waals surface area contributed by atoms with Crippen LogP contribution in [0.2, 0.25) is 0 Å². The summed E-state index contributed by atoms with van der Waals surface area (Å²) in [5, 5.41) is 4.25. The number of ether oxygens (including phenoxy) is 1. The quantitative estimate of drug-likeness (QED) is 0.610. The number of hydrogen-bond acceptors (Lipinski definition) is 3. The number of quaternary nitrogens is 1. The van der Waals surface area contributed by atoms with Crippen molar-refractivity contribution in [3.8, 4) is 5.75 Å². The van der Waals surface area contributed by atoms with E-state index in [9.17, 15) is 4.79 Å². The van der Waals surface area contributed by atoms with Gasteiger partial charge in [-0.05, 0) is 43.5 Å². The molecule has 5 nitrogen and oxygen atoms in total. The second-order valence-electron chi connectivity index (χ2n) is 6.61. The average molecular weight is 316 g/mol. The molecule has 2 aliphatic rings. The number of hydrazone groups is 1. The van der Waals surface area contributed by atoms with Crippen molar-refractivity contribution in [3.05, 3.63) is 29.3 Å². The Morgan fingerprint density at radius 3 is 2.74 bits per heavy atom. The summed E-state index contributed by atoms with van der Waals surface area (Å²) in [7, 11) is 1.72. The molecule has 23 heavy (non-hydrogen) atoms. The van der Waals surface area contributed by atoms with Gasteiger partial charge in [-0.15, -0.1) is 0 Å². The van der Waals surface area contributed by atoms with Crippen molar-refractivity contribution in [1.29, 1.82) is 0 Å². The fourth-order valence-corrected chi connectivity index (χ4v) is 3.10. The minimum Gasteiger partial charge on any atom is -0.496 e. The van der Waals surface area contributed by atoms with Gasteiger partial charge in [0.05, 0.1) is 25.9 Å². The van der Waals surface area contributed by atoms with E-state index in [1.165, 1.54) is 31.5 Å². The summed E-state index contributed by atoms with van der Waals surface area (Å²) < 4.78 is 5.51. The molecule has 1 saturated heterocycles. The van der Waals surface area contributed by atoms with Crippen LogP contribution in [-0.4, -0.2) is 31.8 Å². The molecule has 1 aromatic rings. The molecule has 1 saturated carbocycles. The number of nitrogens with one attached hydrogen (secondary N) is 2. The highest BCUT2D eigenvalue weighted by Gasteiger charge is 2.29. The predicted octanol–water partition coefficient (Wildman–Crippen LogP) is 1.12. The van der Waals surface area contributed by atoms with Gasteiger partial charge in [0.25, 0.3) is 0 Å². The maximum atomic E-state index is 11.7. The lowest BCUT2D eigenvalue weighted by molar-refractivity contribution is -0.901. The number of hydrogen-bond donors (Lipinski definition) is 2. The summed E-state index contributed by atoms with van der Waals surface area (Å²) in [6.45, 7) is 5.38. The largest absolute Gasteiger partial charge is 0.496 e. The first-order valence-electron chi connectivity index (χ1n) is 8.52. The molecule has 2 fully saturated rings. The Kier molecular flexibility index (Phi) is 4.96. The normalized spacial score (nSPS) is 19.0. The van der Waals surface area contributed by atoms with Crippen LogP contribution in [0.15, 0.2) is 23.3 Å². The fraction of sp³-hybridized carbons (Fsp3) is 0.556. The third-order valence-electron chi connectivity index (χ3n) is 4.73. The smallest absolute Gasteiger partial charge is 0.243 e. The number of methoxy groups -OCH3 is 1. The first-order valence-corrected chi connectivity index (χ1v) is 8.52. The van der Waals surface area contributed by atoms with E-state index in [4.69, 9.17) is 4.74 Å². The zero-order chi connectivity index (χ0) is 16.2. The summed E-state index contributed by atoms with van der Waals surface area (Å²) >= 11 is 0. The van der Waals surface area contributed by atoms with Crippen molar-refractivity contribution in [2.75, 3.05) is 20.2 Å². The second-order valence-corrected chi connectivity index (χ2v) is 6.61. The molecule has 0 bridgehead atoms. The second kappa shape index (κ2) is 7.13. The monoisotopic (exact) mass is 316 g/mol. The Labute approximate surface area is 137 Å². The van der Waals surface area contributed by atoms with Gasteiger partial charge in [-0.25, -0.2) is 5.43 Å². The Morgan fingerprint density at radius 2 is 2.09 bits per heavy atom. The van der Waals surface area contributed by atoms with Crippen molar-refractivity contribution in [3.63, 3.8) is 0 Å². The highest BCUT2D eigenvalue weighted by atomic mass is 16.5. The predicted molar refractivity (Wildman–Crippen MR) is 89.7 cm³/mol. The van der Waals surface area contributed by atoms with Crippen LogP contribution < -0.4 is 15.1 Å². The van der Waals surface area contributed by atoms with Gasteiger partial charge in [0, 0.05) is 24.3 Å². The van der Waals surface area contributed by atoms with E-state index in [0.29, 0.717) is 0 Å². The highest BCUT2D eigenvalue weighted by molar-refractivity contribution is 5.99.